The number of pyridine rings is 1. The van der Waals surface area contributed by atoms with Crippen molar-refractivity contribution in [2.45, 2.75) is 20.0 Å². The van der Waals surface area contributed by atoms with E-state index >= 15 is 0 Å². The van der Waals surface area contributed by atoms with E-state index in [2.05, 4.69) is 38.7 Å². The highest BCUT2D eigenvalue weighted by Crippen LogP contribution is 2.18. The van der Waals surface area contributed by atoms with Crippen molar-refractivity contribution in [3.05, 3.63) is 65.6 Å². The molecular weight excluding hydrogens is 262 g/mol. The molecule has 2 aromatic heterocycles. The number of nitrogens with zero attached hydrogens (tertiary/aromatic N) is 3. The molecule has 0 spiro atoms. The molecule has 5 nitrogen and oxygen atoms in total. The Labute approximate surface area is 123 Å². The van der Waals surface area contributed by atoms with Gasteiger partial charge >= 0.3 is 0 Å². The standard InChI is InChI=1S/C16H17N5/c1-12-6-5-9-18-14(12)10-17-11-15-16(20-21-19-15)13-7-3-2-4-8-13/h2-9,17H,10-11H2,1H3,(H,19,20,21). The number of rotatable bonds is 5. The number of hydrogen-bond donors (Lipinski definition) is 2. The number of H-pyrrole nitrogens is 1. The summed E-state index contributed by atoms with van der Waals surface area (Å²) in [5, 5.41) is 14.5. The Morgan fingerprint density at radius 3 is 2.57 bits per heavy atom. The first-order chi connectivity index (χ1) is 10.3. The van der Waals surface area contributed by atoms with Crippen LogP contribution < -0.4 is 5.32 Å². The summed E-state index contributed by atoms with van der Waals surface area (Å²) < 4.78 is 0. The van der Waals surface area contributed by atoms with Crippen molar-refractivity contribution in [1.29, 1.82) is 0 Å². The smallest absolute Gasteiger partial charge is 0.117 e. The van der Waals surface area contributed by atoms with E-state index in [1.165, 1.54) is 5.56 Å². The van der Waals surface area contributed by atoms with Crippen molar-refractivity contribution in [2.24, 2.45) is 0 Å². The van der Waals surface area contributed by atoms with Crippen molar-refractivity contribution in [2.75, 3.05) is 0 Å². The van der Waals surface area contributed by atoms with Crippen molar-refractivity contribution < 1.29 is 0 Å². The second kappa shape index (κ2) is 6.28. The van der Waals surface area contributed by atoms with E-state index in [-0.39, 0.29) is 0 Å². The second-order valence-electron chi connectivity index (χ2n) is 4.86. The van der Waals surface area contributed by atoms with Gasteiger partial charge in [0.1, 0.15) is 11.4 Å². The first-order valence-electron chi connectivity index (χ1n) is 6.91. The van der Waals surface area contributed by atoms with Crippen LogP contribution in [0.15, 0.2) is 48.7 Å². The molecule has 106 valence electrons. The van der Waals surface area contributed by atoms with Crippen molar-refractivity contribution >= 4 is 0 Å². The molecule has 0 saturated carbocycles. The molecular formula is C16H17N5. The van der Waals surface area contributed by atoms with Crippen LogP contribution in [0.2, 0.25) is 0 Å². The molecule has 0 aliphatic heterocycles. The summed E-state index contributed by atoms with van der Waals surface area (Å²) in [6.07, 6.45) is 1.81. The van der Waals surface area contributed by atoms with E-state index < -0.39 is 0 Å². The van der Waals surface area contributed by atoms with Crippen LogP contribution >= 0.6 is 0 Å². The van der Waals surface area contributed by atoms with Crippen LogP contribution in [-0.4, -0.2) is 20.4 Å². The highest BCUT2D eigenvalue weighted by Gasteiger charge is 2.09. The van der Waals surface area contributed by atoms with Crippen molar-refractivity contribution in [1.82, 2.24) is 25.7 Å². The zero-order valence-corrected chi connectivity index (χ0v) is 11.9. The molecule has 0 unspecified atom stereocenters. The van der Waals surface area contributed by atoms with Gasteiger partial charge in [-0.05, 0) is 18.6 Å². The Morgan fingerprint density at radius 1 is 0.952 bits per heavy atom. The lowest BCUT2D eigenvalue weighted by Gasteiger charge is -2.06. The lowest BCUT2D eigenvalue weighted by molar-refractivity contribution is 0.663. The van der Waals surface area contributed by atoms with Crippen molar-refractivity contribution in [3.63, 3.8) is 0 Å². The summed E-state index contributed by atoms with van der Waals surface area (Å²) in [7, 11) is 0. The van der Waals surface area contributed by atoms with Gasteiger partial charge in [0.25, 0.3) is 0 Å². The maximum Gasteiger partial charge on any atom is 0.117 e. The summed E-state index contributed by atoms with van der Waals surface area (Å²) in [6, 6.07) is 14.1. The van der Waals surface area contributed by atoms with E-state index in [1.807, 2.05) is 42.6 Å². The predicted molar refractivity (Wildman–Crippen MR) is 81.3 cm³/mol. The van der Waals surface area contributed by atoms with Gasteiger partial charge in [-0.3, -0.25) is 4.98 Å². The minimum Gasteiger partial charge on any atom is -0.305 e. The highest BCUT2D eigenvalue weighted by molar-refractivity contribution is 5.60. The Morgan fingerprint density at radius 2 is 1.76 bits per heavy atom. The van der Waals surface area contributed by atoms with Gasteiger partial charge in [-0.15, -0.1) is 0 Å². The number of aromatic nitrogens is 4. The number of aryl methyl sites for hydroxylation is 1. The molecule has 0 fully saturated rings. The number of hydrogen-bond acceptors (Lipinski definition) is 4. The summed E-state index contributed by atoms with van der Waals surface area (Å²) in [6.45, 7) is 3.43. The summed E-state index contributed by atoms with van der Waals surface area (Å²) >= 11 is 0. The van der Waals surface area contributed by atoms with Crippen LogP contribution in [0.3, 0.4) is 0 Å². The van der Waals surface area contributed by atoms with E-state index in [4.69, 9.17) is 0 Å². The lowest BCUT2D eigenvalue weighted by Crippen LogP contribution is -2.15. The largest absolute Gasteiger partial charge is 0.305 e. The molecule has 1 aromatic carbocycles. The van der Waals surface area contributed by atoms with Gasteiger partial charge in [-0.2, -0.15) is 15.4 Å². The number of aromatic amines is 1. The Bertz CT molecular complexity index is 705. The van der Waals surface area contributed by atoms with Gasteiger partial charge in [0.15, 0.2) is 0 Å². The van der Waals surface area contributed by atoms with Gasteiger partial charge in [0, 0.05) is 24.8 Å². The van der Waals surface area contributed by atoms with E-state index in [1.54, 1.807) is 0 Å². The first kappa shape index (κ1) is 13.5. The summed E-state index contributed by atoms with van der Waals surface area (Å²) in [5.41, 5.74) is 5.11. The third-order valence-electron chi connectivity index (χ3n) is 3.37. The zero-order valence-electron chi connectivity index (χ0n) is 11.9. The van der Waals surface area contributed by atoms with Gasteiger partial charge in [0.05, 0.1) is 5.69 Å². The Kier molecular flexibility index (Phi) is 4.02. The monoisotopic (exact) mass is 279 g/mol. The Hall–Kier alpha value is -2.53. The molecule has 0 aliphatic carbocycles. The first-order valence-corrected chi connectivity index (χ1v) is 6.91. The average molecular weight is 279 g/mol. The summed E-state index contributed by atoms with van der Waals surface area (Å²) in [4.78, 5) is 4.37. The van der Waals surface area contributed by atoms with E-state index in [0.717, 1.165) is 22.6 Å². The molecule has 5 heteroatoms. The zero-order chi connectivity index (χ0) is 14.5. The Balaban J connectivity index is 1.67. The molecule has 21 heavy (non-hydrogen) atoms. The van der Waals surface area contributed by atoms with Gasteiger partial charge in [-0.25, -0.2) is 0 Å². The molecule has 0 bridgehead atoms. The minimum absolute atomic E-state index is 0.650. The third kappa shape index (κ3) is 3.14. The van der Waals surface area contributed by atoms with Crippen molar-refractivity contribution in [3.8, 4) is 11.3 Å². The average Bonchev–Trinajstić information content (AvgIpc) is 2.99. The van der Waals surface area contributed by atoms with Crippen LogP contribution in [0.1, 0.15) is 17.0 Å². The molecule has 3 rings (SSSR count). The normalized spacial score (nSPS) is 10.7. The molecule has 3 aromatic rings. The molecule has 2 heterocycles. The maximum absolute atomic E-state index is 4.37. The fourth-order valence-corrected chi connectivity index (χ4v) is 2.21. The minimum atomic E-state index is 0.650. The molecule has 2 N–H and O–H groups in total. The van der Waals surface area contributed by atoms with Crippen LogP contribution in [0.4, 0.5) is 0 Å². The van der Waals surface area contributed by atoms with Crippen LogP contribution in [-0.2, 0) is 13.1 Å². The number of nitrogens with one attached hydrogen (secondary N) is 2. The fraction of sp³-hybridized carbons (Fsp3) is 0.188. The molecule has 0 radical (unpaired) electrons. The van der Waals surface area contributed by atoms with Gasteiger partial charge in [-0.1, -0.05) is 36.4 Å². The maximum atomic E-state index is 4.37. The quantitative estimate of drug-likeness (QED) is 0.753. The molecule has 0 saturated heterocycles. The predicted octanol–water partition coefficient (Wildman–Crippen LogP) is 2.46. The SMILES string of the molecule is Cc1cccnc1CNCc1n[nH]nc1-c1ccccc1. The van der Waals surface area contributed by atoms with Crippen LogP contribution in [0.5, 0.6) is 0 Å². The van der Waals surface area contributed by atoms with Gasteiger partial charge in [0.2, 0.25) is 0 Å². The number of benzene rings is 1. The van der Waals surface area contributed by atoms with Crippen LogP contribution in [0.25, 0.3) is 11.3 Å². The highest BCUT2D eigenvalue weighted by atomic mass is 15.3. The van der Waals surface area contributed by atoms with E-state index in [0.29, 0.717) is 13.1 Å². The lowest BCUT2D eigenvalue weighted by atomic mass is 10.1. The molecule has 0 aliphatic rings. The third-order valence-corrected chi connectivity index (χ3v) is 3.37. The van der Waals surface area contributed by atoms with E-state index in [9.17, 15) is 0 Å². The molecule has 0 atom stereocenters. The topological polar surface area (TPSA) is 66.5 Å². The fourth-order valence-electron chi connectivity index (χ4n) is 2.21. The van der Waals surface area contributed by atoms with Gasteiger partial charge < -0.3 is 5.32 Å². The molecule has 0 amide bonds. The second-order valence-corrected chi connectivity index (χ2v) is 4.86. The van der Waals surface area contributed by atoms with Crippen LogP contribution in [0, 0.1) is 6.92 Å². The summed E-state index contributed by atoms with van der Waals surface area (Å²) in [5.74, 6) is 0.